The Morgan fingerprint density at radius 1 is 1.47 bits per heavy atom. The molecule has 0 bridgehead atoms. The van der Waals surface area contributed by atoms with Crippen LogP contribution in [0.4, 0.5) is 0 Å². The molecule has 6 nitrogen and oxygen atoms in total. The molecule has 1 saturated heterocycles. The van der Waals surface area contributed by atoms with E-state index in [9.17, 15) is 8.42 Å². The van der Waals surface area contributed by atoms with Gasteiger partial charge in [-0.15, -0.1) is 0 Å². The third-order valence-corrected chi connectivity index (χ3v) is 5.84. The quantitative estimate of drug-likeness (QED) is 0.855. The number of aromatic nitrogens is 2. The van der Waals surface area contributed by atoms with Crippen molar-refractivity contribution >= 4 is 10.0 Å². The van der Waals surface area contributed by atoms with Gasteiger partial charge < -0.3 is 5.73 Å². The molecule has 7 heteroatoms. The Bertz CT molecular complexity index is 516. The van der Waals surface area contributed by atoms with E-state index >= 15 is 0 Å². The number of nitrogens with one attached hydrogen (secondary N) is 1. The molecule has 1 aliphatic rings. The number of aryl methyl sites for hydroxylation is 2. The molecule has 2 heterocycles. The number of hydrogen-bond acceptors (Lipinski definition) is 4. The zero-order valence-electron chi connectivity index (χ0n) is 11.5. The second-order valence-electron chi connectivity index (χ2n) is 5.21. The summed E-state index contributed by atoms with van der Waals surface area (Å²) in [6, 6.07) is 0. The number of aromatic amines is 1. The van der Waals surface area contributed by atoms with E-state index in [1.165, 1.54) is 0 Å². The van der Waals surface area contributed by atoms with Crippen LogP contribution < -0.4 is 5.73 Å². The van der Waals surface area contributed by atoms with Gasteiger partial charge >= 0.3 is 0 Å². The molecule has 0 saturated carbocycles. The monoisotopic (exact) mass is 286 g/mol. The first-order chi connectivity index (χ1) is 8.96. The predicted molar refractivity (Wildman–Crippen MR) is 73.2 cm³/mol. The largest absolute Gasteiger partial charge is 0.330 e. The minimum Gasteiger partial charge on any atom is -0.330 e. The maximum absolute atomic E-state index is 12.7. The van der Waals surface area contributed by atoms with E-state index in [0.29, 0.717) is 41.8 Å². The fraction of sp³-hybridized carbons (Fsp3) is 0.750. The maximum atomic E-state index is 12.7. The Morgan fingerprint density at radius 2 is 2.21 bits per heavy atom. The van der Waals surface area contributed by atoms with Crippen LogP contribution in [0.1, 0.15) is 30.7 Å². The standard InChI is InChI=1S/C12H22N4O2S/c1-9-12(10(2)15-14-9)19(17,18)16-7-3-4-11(8-16)5-6-13/h11H,3-8,13H2,1-2H3,(H,14,15). The van der Waals surface area contributed by atoms with E-state index in [-0.39, 0.29) is 0 Å². The molecule has 0 spiro atoms. The Kier molecular flexibility index (Phi) is 4.27. The first kappa shape index (κ1) is 14.5. The molecule has 1 aliphatic heterocycles. The van der Waals surface area contributed by atoms with Crippen LogP contribution in [0.15, 0.2) is 4.90 Å². The number of sulfonamides is 1. The summed E-state index contributed by atoms with van der Waals surface area (Å²) >= 11 is 0. The minimum atomic E-state index is -3.43. The van der Waals surface area contributed by atoms with Crippen LogP contribution in [0.2, 0.25) is 0 Å². The normalized spacial score (nSPS) is 21.7. The highest BCUT2D eigenvalue weighted by molar-refractivity contribution is 7.89. The number of hydrogen-bond donors (Lipinski definition) is 2. The van der Waals surface area contributed by atoms with E-state index in [0.717, 1.165) is 19.3 Å². The van der Waals surface area contributed by atoms with Gasteiger partial charge in [-0.25, -0.2) is 8.42 Å². The van der Waals surface area contributed by atoms with Crippen molar-refractivity contribution in [2.24, 2.45) is 11.7 Å². The summed E-state index contributed by atoms with van der Waals surface area (Å²) in [6.07, 6.45) is 2.85. The lowest BCUT2D eigenvalue weighted by Gasteiger charge is -2.31. The van der Waals surface area contributed by atoms with Crippen molar-refractivity contribution in [3.63, 3.8) is 0 Å². The van der Waals surface area contributed by atoms with E-state index < -0.39 is 10.0 Å². The van der Waals surface area contributed by atoms with Crippen molar-refractivity contribution < 1.29 is 8.42 Å². The maximum Gasteiger partial charge on any atom is 0.246 e. The zero-order chi connectivity index (χ0) is 14.0. The van der Waals surface area contributed by atoms with Crippen LogP contribution in [-0.2, 0) is 10.0 Å². The Morgan fingerprint density at radius 3 is 2.79 bits per heavy atom. The molecule has 1 aromatic heterocycles. The molecule has 1 unspecified atom stereocenters. The third kappa shape index (κ3) is 2.82. The van der Waals surface area contributed by atoms with Gasteiger partial charge in [-0.05, 0) is 45.6 Å². The topological polar surface area (TPSA) is 92.1 Å². The predicted octanol–water partition coefficient (Wildman–Crippen LogP) is 0.776. The van der Waals surface area contributed by atoms with Crippen LogP contribution in [0.3, 0.4) is 0 Å². The highest BCUT2D eigenvalue weighted by atomic mass is 32.2. The summed E-state index contributed by atoms with van der Waals surface area (Å²) in [5.41, 5.74) is 6.72. The molecule has 3 N–H and O–H groups in total. The number of nitrogens with zero attached hydrogens (tertiary/aromatic N) is 2. The van der Waals surface area contributed by atoms with Crippen LogP contribution in [0, 0.1) is 19.8 Å². The molecule has 19 heavy (non-hydrogen) atoms. The Balaban J connectivity index is 2.25. The van der Waals surface area contributed by atoms with Crippen molar-refractivity contribution in [3.05, 3.63) is 11.4 Å². The molecular formula is C12H22N4O2S. The van der Waals surface area contributed by atoms with Gasteiger partial charge in [-0.2, -0.15) is 9.40 Å². The highest BCUT2D eigenvalue weighted by Crippen LogP contribution is 2.27. The highest BCUT2D eigenvalue weighted by Gasteiger charge is 2.33. The van der Waals surface area contributed by atoms with E-state index in [2.05, 4.69) is 10.2 Å². The first-order valence-electron chi connectivity index (χ1n) is 6.68. The molecule has 0 radical (unpaired) electrons. The van der Waals surface area contributed by atoms with Gasteiger partial charge in [-0.3, -0.25) is 5.10 Å². The third-order valence-electron chi connectivity index (χ3n) is 3.72. The smallest absolute Gasteiger partial charge is 0.246 e. The molecule has 108 valence electrons. The summed E-state index contributed by atoms with van der Waals surface area (Å²) in [6.45, 7) is 5.24. The van der Waals surface area contributed by atoms with Gasteiger partial charge in [0.05, 0.1) is 11.4 Å². The minimum absolute atomic E-state index is 0.334. The number of rotatable bonds is 4. The average molecular weight is 286 g/mol. The van der Waals surface area contributed by atoms with Crippen LogP contribution in [0.5, 0.6) is 0 Å². The van der Waals surface area contributed by atoms with Crippen molar-refractivity contribution in [2.75, 3.05) is 19.6 Å². The number of piperidine rings is 1. The number of nitrogens with two attached hydrogens (primary N) is 1. The summed E-state index contributed by atoms with van der Waals surface area (Å²) in [4.78, 5) is 0.334. The average Bonchev–Trinajstić information content (AvgIpc) is 2.70. The van der Waals surface area contributed by atoms with Crippen molar-refractivity contribution in [1.82, 2.24) is 14.5 Å². The fourth-order valence-corrected chi connectivity index (χ4v) is 4.65. The second kappa shape index (κ2) is 5.60. The Labute approximate surface area is 114 Å². The van der Waals surface area contributed by atoms with Crippen LogP contribution in [-0.4, -0.2) is 42.6 Å². The lowest BCUT2D eigenvalue weighted by atomic mass is 9.96. The molecule has 0 amide bonds. The van der Waals surface area contributed by atoms with E-state index in [4.69, 9.17) is 5.73 Å². The number of H-pyrrole nitrogens is 1. The first-order valence-corrected chi connectivity index (χ1v) is 8.12. The van der Waals surface area contributed by atoms with Gasteiger partial charge in [-0.1, -0.05) is 0 Å². The molecular weight excluding hydrogens is 264 g/mol. The molecule has 1 aromatic rings. The summed E-state index contributed by atoms with van der Waals surface area (Å²) in [7, 11) is -3.43. The molecule has 0 aliphatic carbocycles. The second-order valence-corrected chi connectivity index (χ2v) is 7.09. The fourth-order valence-electron chi connectivity index (χ4n) is 2.77. The SMILES string of the molecule is Cc1n[nH]c(C)c1S(=O)(=O)N1CCCC(CCN)C1. The molecule has 0 aromatic carbocycles. The van der Waals surface area contributed by atoms with Gasteiger partial charge in [0, 0.05) is 13.1 Å². The van der Waals surface area contributed by atoms with Crippen LogP contribution in [0.25, 0.3) is 0 Å². The lowest BCUT2D eigenvalue weighted by Crippen LogP contribution is -2.40. The van der Waals surface area contributed by atoms with Crippen molar-refractivity contribution in [2.45, 2.75) is 38.0 Å². The lowest BCUT2D eigenvalue weighted by molar-refractivity contribution is 0.258. The van der Waals surface area contributed by atoms with Crippen molar-refractivity contribution in [1.29, 1.82) is 0 Å². The summed E-state index contributed by atoms with van der Waals surface area (Å²) in [5, 5.41) is 6.72. The molecule has 2 rings (SSSR count). The van der Waals surface area contributed by atoms with Gasteiger partial charge in [0.25, 0.3) is 0 Å². The van der Waals surface area contributed by atoms with Gasteiger partial charge in [0.2, 0.25) is 10.0 Å². The Hall–Kier alpha value is -0.920. The van der Waals surface area contributed by atoms with E-state index in [1.54, 1.807) is 18.2 Å². The summed E-state index contributed by atoms with van der Waals surface area (Å²) < 4.78 is 26.9. The molecule has 1 atom stereocenters. The summed E-state index contributed by atoms with van der Waals surface area (Å²) in [5.74, 6) is 0.376. The van der Waals surface area contributed by atoms with Crippen molar-refractivity contribution in [3.8, 4) is 0 Å². The van der Waals surface area contributed by atoms with E-state index in [1.807, 2.05) is 0 Å². The van der Waals surface area contributed by atoms with Gasteiger partial charge in [0.15, 0.2) is 0 Å². The van der Waals surface area contributed by atoms with Crippen LogP contribution >= 0.6 is 0 Å². The molecule has 1 fully saturated rings. The zero-order valence-corrected chi connectivity index (χ0v) is 12.3. The van der Waals surface area contributed by atoms with Gasteiger partial charge in [0.1, 0.15) is 4.90 Å².